The zero-order chi connectivity index (χ0) is 19.0. The zero-order valence-electron chi connectivity index (χ0n) is 14.9. The smallest absolute Gasteiger partial charge is 0.231 e. The van der Waals surface area contributed by atoms with Crippen molar-refractivity contribution in [2.75, 3.05) is 27.1 Å². The van der Waals surface area contributed by atoms with Crippen molar-refractivity contribution in [3.8, 4) is 23.0 Å². The molecule has 0 spiro atoms. The summed E-state index contributed by atoms with van der Waals surface area (Å²) in [5, 5.41) is 30.7. The lowest BCUT2D eigenvalue weighted by atomic mass is 9.82. The number of benzene rings is 2. The van der Waals surface area contributed by atoms with Crippen LogP contribution in [0.15, 0.2) is 36.4 Å². The van der Waals surface area contributed by atoms with Crippen molar-refractivity contribution in [3.63, 3.8) is 0 Å². The first kappa shape index (κ1) is 17.9. The van der Waals surface area contributed by atoms with Crippen LogP contribution in [0.25, 0.3) is 0 Å². The monoisotopic (exact) mass is 374 g/mol. The van der Waals surface area contributed by atoms with Gasteiger partial charge < -0.3 is 34.3 Å². The summed E-state index contributed by atoms with van der Waals surface area (Å²) < 4.78 is 21.8. The molecular formula is C20H22O7. The number of ether oxygens (including phenoxy) is 4. The van der Waals surface area contributed by atoms with Crippen LogP contribution in [0.5, 0.6) is 23.0 Å². The van der Waals surface area contributed by atoms with Crippen LogP contribution >= 0.6 is 0 Å². The normalized spacial score (nSPS) is 24.8. The number of phenols is 1. The Morgan fingerprint density at radius 3 is 2.74 bits per heavy atom. The molecule has 7 nitrogen and oxygen atoms in total. The third-order valence-corrected chi connectivity index (χ3v) is 5.29. The molecule has 2 aliphatic rings. The molecular weight excluding hydrogens is 352 g/mol. The molecule has 4 atom stereocenters. The number of hydrogen-bond donors (Lipinski definition) is 3. The summed E-state index contributed by atoms with van der Waals surface area (Å²) in [6.07, 6.45) is -1.22. The quantitative estimate of drug-likeness (QED) is 0.738. The van der Waals surface area contributed by atoms with Crippen molar-refractivity contribution < 1.29 is 34.3 Å². The molecule has 0 amide bonds. The summed E-state index contributed by atoms with van der Waals surface area (Å²) in [4.78, 5) is 0. The van der Waals surface area contributed by atoms with E-state index in [9.17, 15) is 15.3 Å². The van der Waals surface area contributed by atoms with E-state index in [1.807, 2.05) is 0 Å². The average Bonchev–Trinajstić information content (AvgIpc) is 3.33. The molecule has 1 fully saturated rings. The molecule has 144 valence electrons. The highest BCUT2D eigenvalue weighted by molar-refractivity contribution is 5.45. The van der Waals surface area contributed by atoms with Crippen molar-refractivity contribution in [1.82, 2.24) is 0 Å². The topological polar surface area (TPSA) is 97.6 Å². The number of aliphatic hydroxyl groups is 2. The summed E-state index contributed by atoms with van der Waals surface area (Å²) >= 11 is 0. The second kappa shape index (κ2) is 7.26. The maximum Gasteiger partial charge on any atom is 0.231 e. The summed E-state index contributed by atoms with van der Waals surface area (Å²) in [5.74, 6) is 1.04. The molecule has 1 unspecified atom stereocenters. The minimum Gasteiger partial charge on any atom is -0.504 e. The van der Waals surface area contributed by atoms with Gasteiger partial charge in [-0.3, -0.25) is 0 Å². The first-order chi connectivity index (χ1) is 13.1. The lowest BCUT2D eigenvalue weighted by Crippen LogP contribution is -2.25. The summed E-state index contributed by atoms with van der Waals surface area (Å²) in [6.45, 7) is 0.334. The highest BCUT2D eigenvalue weighted by Gasteiger charge is 2.42. The van der Waals surface area contributed by atoms with Gasteiger partial charge in [-0.05, 0) is 35.4 Å². The minimum absolute atomic E-state index is 0.0386. The van der Waals surface area contributed by atoms with Crippen molar-refractivity contribution in [3.05, 3.63) is 47.5 Å². The van der Waals surface area contributed by atoms with E-state index in [-0.39, 0.29) is 31.0 Å². The van der Waals surface area contributed by atoms with E-state index in [0.29, 0.717) is 29.4 Å². The minimum atomic E-state index is -0.819. The van der Waals surface area contributed by atoms with Gasteiger partial charge in [-0.1, -0.05) is 12.1 Å². The lowest BCUT2D eigenvalue weighted by molar-refractivity contribution is 0.0633. The van der Waals surface area contributed by atoms with Crippen molar-refractivity contribution in [1.29, 1.82) is 0 Å². The first-order valence-corrected chi connectivity index (χ1v) is 8.79. The fraction of sp³-hybridized carbons (Fsp3) is 0.400. The van der Waals surface area contributed by atoms with Gasteiger partial charge in [0, 0.05) is 18.4 Å². The standard InChI is InChI=1S/C20H22O7/c1-24-17-7-12(2-4-15(17)22)20-13(8-21)14(9-25-20)19(23)11-3-5-16-18(6-11)27-10-26-16/h2-7,13-14,19-23H,8-10H2,1H3/t13-,14?,19+,20+/m0/s1. The van der Waals surface area contributed by atoms with Crippen LogP contribution in [0.3, 0.4) is 0 Å². The van der Waals surface area contributed by atoms with Gasteiger partial charge >= 0.3 is 0 Å². The van der Waals surface area contributed by atoms with Gasteiger partial charge in [0.25, 0.3) is 0 Å². The van der Waals surface area contributed by atoms with E-state index in [0.717, 1.165) is 5.56 Å². The Morgan fingerprint density at radius 1 is 1.15 bits per heavy atom. The number of methoxy groups -OCH3 is 1. The second-order valence-electron chi connectivity index (χ2n) is 6.75. The number of fused-ring (bicyclic) bond motifs is 1. The van der Waals surface area contributed by atoms with Gasteiger partial charge in [0.05, 0.1) is 25.9 Å². The maximum absolute atomic E-state index is 10.9. The van der Waals surface area contributed by atoms with Gasteiger partial charge in [0.15, 0.2) is 23.0 Å². The molecule has 3 N–H and O–H groups in total. The lowest BCUT2D eigenvalue weighted by Gasteiger charge is -2.25. The van der Waals surface area contributed by atoms with Crippen LogP contribution in [0, 0.1) is 11.8 Å². The third kappa shape index (κ3) is 3.18. The first-order valence-electron chi connectivity index (χ1n) is 8.79. The summed E-state index contributed by atoms with van der Waals surface area (Å²) in [7, 11) is 1.48. The SMILES string of the molecule is COc1cc([C@H]2OCC([C@H](O)c3ccc4c(c3)OCO4)[C@@H]2CO)ccc1O. The fourth-order valence-corrected chi connectivity index (χ4v) is 3.80. The molecule has 2 aromatic carbocycles. The largest absolute Gasteiger partial charge is 0.504 e. The van der Waals surface area contributed by atoms with E-state index in [1.165, 1.54) is 13.2 Å². The Balaban J connectivity index is 1.58. The van der Waals surface area contributed by atoms with E-state index in [1.54, 1.807) is 30.3 Å². The summed E-state index contributed by atoms with van der Waals surface area (Å²) in [5.41, 5.74) is 1.47. The van der Waals surface area contributed by atoms with Crippen LogP contribution in [-0.2, 0) is 4.74 Å². The molecule has 7 heteroatoms. The van der Waals surface area contributed by atoms with Gasteiger partial charge in [0.2, 0.25) is 6.79 Å². The highest BCUT2D eigenvalue weighted by atomic mass is 16.7. The number of rotatable bonds is 5. The van der Waals surface area contributed by atoms with Gasteiger partial charge in [-0.15, -0.1) is 0 Å². The number of hydrogen-bond acceptors (Lipinski definition) is 7. The third-order valence-electron chi connectivity index (χ3n) is 5.29. The number of aliphatic hydroxyl groups excluding tert-OH is 2. The highest BCUT2D eigenvalue weighted by Crippen LogP contribution is 2.46. The van der Waals surface area contributed by atoms with E-state index in [4.69, 9.17) is 18.9 Å². The molecule has 0 bridgehead atoms. The van der Waals surface area contributed by atoms with Crippen LogP contribution in [0.1, 0.15) is 23.3 Å². The molecule has 0 saturated carbocycles. The predicted octanol–water partition coefficient (Wildman–Crippen LogP) is 2.16. The predicted molar refractivity (Wildman–Crippen MR) is 94.9 cm³/mol. The molecule has 4 rings (SSSR count). The van der Waals surface area contributed by atoms with Crippen LogP contribution in [0.4, 0.5) is 0 Å². The number of aromatic hydroxyl groups is 1. The molecule has 27 heavy (non-hydrogen) atoms. The Hall–Kier alpha value is -2.48. The van der Waals surface area contributed by atoms with E-state index >= 15 is 0 Å². The van der Waals surface area contributed by atoms with Crippen LogP contribution in [-0.4, -0.2) is 42.4 Å². The molecule has 0 aromatic heterocycles. The molecule has 0 aliphatic carbocycles. The molecule has 2 aromatic rings. The van der Waals surface area contributed by atoms with Gasteiger partial charge in [-0.2, -0.15) is 0 Å². The Kier molecular flexibility index (Phi) is 4.82. The van der Waals surface area contributed by atoms with Crippen LogP contribution < -0.4 is 14.2 Å². The average molecular weight is 374 g/mol. The fourth-order valence-electron chi connectivity index (χ4n) is 3.80. The van der Waals surface area contributed by atoms with Gasteiger partial charge in [0.1, 0.15) is 0 Å². The molecule has 2 heterocycles. The Labute approximate surface area is 156 Å². The van der Waals surface area contributed by atoms with Crippen molar-refractivity contribution in [2.24, 2.45) is 11.8 Å². The zero-order valence-corrected chi connectivity index (χ0v) is 14.9. The number of phenolic OH excluding ortho intramolecular Hbond substituents is 1. The van der Waals surface area contributed by atoms with Crippen molar-refractivity contribution in [2.45, 2.75) is 12.2 Å². The summed E-state index contributed by atoms with van der Waals surface area (Å²) in [6, 6.07) is 10.3. The van der Waals surface area contributed by atoms with E-state index < -0.39 is 12.2 Å². The van der Waals surface area contributed by atoms with E-state index in [2.05, 4.69) is 0 Å². The van der Waals surface area contributed by atoms with Crippen molar-refractivity contribution >= 4 is 0 Å². The molecule has 0 radical (unpaired) electrons. The van der Waals surface area contributed by atoms with Crippen LogP contribution in [0.2, 0.25) is 0 Å². The Bertz CT molecular complexity index is 822. The van der Waals surface area contributed by atoms with Gasteiger partial charge in [-0.25, -0.2) is 0 Å². The molecule has 2 aliphatic heterocycles. The second-order valence-corrected chi connectivity index (χ2v) is 6.75. The maximum atomic E-state index is 10.9. The Morgan fingerprint density at radius 2 is 1.96 bits per heavy atom. The molecule has 1 saturated heterocycles.